The molecular formula is C23H27N3O6. The summed E-state index contributed by atoms with van der Waals surface area (Å²) < 4.78 is 15.5. The molecule has 9 nitrogen and oxygen atoms in total. The second kappa shape index (κ2) is 10.1. The van der Waals surface area contributed by atoms with Crippen molar-refractivity contribution >= 4 is 17.8 Å². The molecule has 1 aliphatic rings. The van der Waals surface area contributed by atoms with Crippen molar-refractivity contribution in [2.24, 2.45) is 0 Å². The number of esters is 1. The Morgan fingerprint density at radius 3 is 2.09 bits per heavy atom. The number of carbonyl (C=O) groups is 3. The lowest BCUT2D eigenvalue weighted by molar-refractivity contribution is 0.0521. The summed E-state index contributed by atoms with van der Waals surface area (Å²) in [6.07, 6.45) is 0. The fraction of sp³-hybridized carbons (Fsp3) is 0.391. The first-order valence-corrected chi connectivity index (χ1v) is 10.3. The molecule has 0 N–H and O–H groups in total. The summed E-state index contributed by atoms with van der Waals surface area (Å²) in [4.78, 5) is 45.3. The molecule has 0 unspecified atom stereocenters. The molecule has 1 aromatic heterocycles. The quantitative estimate of drug-likeness (QED) is 0.634. The zero-order valence-electron chi connectivity index (χ0n) is 18.7. The molecule has 9 heteroatoms. The van der Waals surface area contributed by atoms with Crippen molar-refractivity contribution in [2.75, 3.05) is 47.0 Å². The van der Waals surface area contributed by atoms with E-state index in [1.165, 1.54) is 20.3 Å². The lowest BCUT2D eigenvalue weighted by Gasteiger charge is -2.34. The van der Waals surface area contributed by atoms with Crippen LogP contribution in [-0.4, -0.2) is 79.6 Å². The molecule has 0 radical (unpaired) electrons. The van der Waals surface area contributed by atoms with E-state index in [0.717, 1.165) is 0 Å². The average Bonchev–Trinajstić information content (AvgIpc) is 2.82. The van der Waals surface area contributed by atoms with Crippen molar-refractivity contribution < 1.29 is 28.6 Å². The van der Waals surface area contributed by atoms with E-state index in [-0.39, 0.29) is 24.1 Å². The predicted octanol–water partition coefficient (Wildman–Crippen LogP) is 2.18. The highest BCUT2D eigenvalue weighted by Crippen LogP contribution is 2.28. The summed E-state index contributed by atoms with van der Waals surface area (Å²) in [6, 6.07) is 8.13. The number of hydrogen-bond donors (Lipinski definition) is 0. The van der Waals surface area contributed by atoms with Gasteiger partial charge in [-0.2, -0.15) is 0 Å². The molecule has 0 saturated carbocycles. The number of carbonyl (C=O) groups excluding carboxylic acids is 3. The van der Waals surface area contributed by atoms with Crippen LogP contribution >= 0.6 is 0 Å². The van der Waals surface area contributed by atoms with Gasteiger partial charge in [-0.05, 0) is 44.2 Å². The monoisotopic (exact) mass is 441 g/mol. The smallest absolute Gasteiger partial charge is 0.339 e. The Morgan fingerprint density at radius 2 is 1.53 bits per heavy atom. The third-order valence-electron chi connectivity index (χ3n) is 5.28. The molecule has 0 bridgehead atoms. The van der Waals surface area contributed by atoms with E-state index in [4.69, 9.17) is 14.2 Å². The molecule has 170 valence electrons. The van der Waals surface area contributed by atoms with Gasteiger partial charge in [0.1, 0.15) is 5.69 Å². The summed E-state index contributed by atoms with van der Waals surface area (Å²) in [5.41, 5.74) is 1.54. The van der Waals surface area contributed by atoms with Crippen molar-refractivity contribution in [3.63, 3.8) is 0 Å². The van der Waals surface area contributed by atoms with E-state index in [9.17, 15) is 14.4 Å². The molecular weight excluding hydrogens is 414 g/mol. The Morgan fingerprint density at radius 1 is 0.906 bits per heavy atom. The van der Waals surface area contributed by atoms with E-state index >= 15 is 0 Å². The fourth-order valence-electron chi connectivity index (χ4n) is 3.53. The molecule has 3 rings (SSSR count). The van der Waals surface area contributed by atoms with Crippen LogP contribution in [0.2, 0.25) is 0 Å². The number of rotatable bonds is 6. The van der Waals surface area contributed by atoms with Gasteiger partial charge in [0.15, 0.2) is 11.5 Å². The van der Waals surface area contributed by atoms with Crippen LogP contribution in [0.5, 0.6) is 11.5 Å². The van der Waals surface area contributed by atoms with Crippen LogP contribution in [0.3, 0.4) is 0 Å². The number of hydrogen-bond acceptors (Lipinski definition) is 7. The van der Waals surface area contributed by atoms with E-state index in [1.54, 1.807) is 47.9 Å². The van der Waals surface area contributed by atoms with Gasteiger partial charge in [-0.25, -0.2) is 9.78 Å². The summed E-state index contributed by atoms with van der Waals surface area (Å²) in [6.45, 7) is 5.25. The topological polar surface area (TPSA) is 98.3 Å². The Balaban J connectivity index is 1.64. The number of piperazine rings is 1. The highest BCUT2D eigenvalue weighted by atomic mass is 16.5. The summed E-state index contributed by atoms with van der Waals surface area (Å²) in [5.74, 6) is 0.211. The van der Waals surface area contributed by atoms with E-state index in [2.05, 4.69) is 4.98 Å². The van der Waals surface area contributed by atoms with Crippen LogP contribution in [0, 0.1) is 6.92 Å². The van der Waals surface area contributed by atoms with Gasteiger partial charge in [0, 0.05) is 31.7 Å². The first kappa shape index (κ1) is 23.1. The molecule has 0 atom stereocenters. The first-order chi connectivity index (χ1) is 15.4. The highest BCUT2D eigenvalue weighted by molar-refractivity contribution is 5.96. The Labute approximate surface area is 186 Å². The van der Waals surface area contributed by atoms with E-state index in [0.29, 0.717) is 54.5 Å². The second-order valence-electron chi connectivity index (χ2n) is 7.20. The molecule has 0 spiro atoms. The van der Waals surface area contributed by atoms with Gasteiger partial charge < -0.3 is 24.0 Å². The standard InChI is InChI=1S/C23H27N3O6/c1-5-32-23(29)17-7-8-18(24-15(17)2)22(28)26-12-10-25(11-13-26)21(27)16-6-9-19(30-3)20(14-16)31-4/h6-9,14H,5,10-13H2,1-4H3. The number of pyridine rings is 1. The van der Waals surface area contributed by atoms with Gasteiger partial charge in [-0.15, -0.1) is 0 Å². The van der Waals surface area contributed by atoms with Crippen molar-refractivity contribution in [1.29, 1.82) is 0 Å². The van der Waals surface area contributed by atoms with Crippen molar-refractivity contribution in [1.82, 2.24) is 14.8 Å². The third kappa shape index (κ3) is 4.82. The summed E-state index contributed by atoms with van der Waals surface area (Å²) >= 11 is 0. The van der Waals surface area contributed by atoms with Crippen LogP contribution in [0.15, 0.2) is 30.3 Å². The number of benzene rings is 1. The fourth-order valence-corrected chi connectivity index (χ4v) is 3.53. The maximum Gasteiger partial charge on any atom is 0.339 e. The molecule has 32 heavy (non-hydrogen) atoms. The zero-order valence-corrected chi connectivity index (χ0v) is 18.7. The van der Waals surface area contributed by atoms with Gasteiger partial charge in [-0.3, -0.25) is 9.59 Å². The number of nitrogens with zero attached hydrogens (tertiary/aromatic N) is 3. The molecule has 2 heterocycles. The number of aromatic nitrogens is 1. The van der Waals surface area contributed by atoms with Crippen molar-refractivity contribution in [3.8, 4) is 11.5 Å². The van der Waals surface area contributed by atoms with Gasteiger partial charge in [-0.1, -0.05) is 0 Å². The van der Waals surface area contributed by atoms with Gasteiger partial charge >= 0.3 is 5.97 Å². The summed E-state index contributed by atoms with van der Waals surface area (Å²) in [7, 11) is 3.06. The van der Waals surface area contributed by atoms with Gasteiger partial charge in [0.2, 0.25) is 0 Å². The number of amides is 2. The minimum atomic E-state index is -0.459. The van der Waals surface area contributed by atoms with E-state index < -0.39 is 5.97 Å². The van der Waals surface area contributed by atoms with Crippen LogP contribution in [0.1, 0.15) is 43.8 Å². The molecule has 1 aliphatic heterocycles. The number of aryl methyl sites for hydroxylation is 1. The zero-order chi connectivity index (χ0) is 23.3. The number of methoxy groups -OCH3 is 2. The first-order valence-electron chi connectivity index (χ1n) is 10.3. The normalized spacial score (nSPS) is 13.5. The van der Waals surface area contributed by atoms with Crippen LogP contribution in [-0.2, 0) is 4.74 Å². The molecule has 1 fully saturated rings. The maximum atomic E-state index is 12.9. The highest BCUT2D eigenvalue weighted by Gasteiger charge is 2.27. The lowest BCUT2D eigenvalue weighted by atomic mass is 10.1. The van der Waals surface area contributed by atoms with Crippen molar-refractivity contribution in [3.05, 3.63) is 52.8 Å². The average molecular weight is 441 g/mol. The molecule has 1 aromatic carbocycles. The SMILES string of the molecule is CCOC(=O)c1ccc(C(=O)N2CCN(C(=O)c3ccc(OC)c(OC)c3)CC2)nc1C. The second-order valence-corrected chi connectivity index (χ2v) is 7.20. The van der Waals surface area contributed by atoms with Gasteiger partial charge in [0.05, 0.1) is 32.1 Å². The number of ether oxygens (including phenoxy) is 3. The van der Waals surface area contributed by atoms with Crippen LogP contribution in [0.25, 0.3) is 0 Å². The minimum absolute atomic E-state index is 0.134. The molecule has 2 aromatic rings. The molecule has 2 amide bonds. The Hall–Kier alpha value is -3.62. The molecule has 1 saturated heterocycles. The van der Waals surface area contributed by atoms with Crippen LogP contribution in [0.4, 0.5) is 0 Å². The third-order valence-corrected chi connectivity index (χ3v) is 5.28. The van der Waals surface area contributed by atoms with Crippen molar-refractivity contribution in [2.45, 2.75) is 13.8 Å². The minimum Gasteiger partial charge on any atom is -0.493 e. The lowest BCUT2D eigenvalue weighted by Crippen LogP contribution is -2.50. The predicted molar refractivity (Wildman–Crippen MR) is 116 cm³/mol. The Bertz CT molecular complexity index is 1010. The van der Waals surface area contributed by atoms with Crippen LogP contribution < -0.4 is 9.47 Å². The van der Waals surface area contributed by atoms with E-state index in [1.807, 2.05) is 0 Å². The maximum absolute atomic E-state index is 12.9. The Kier molecular flexibility index (Phi) is 7.29. The molecule has 0 aliphatic carbocycles. The van der Waals surface area contributed by atoms with Gasteiger partial charge in [0.25, 0.3) is 11.8 Å². The summed E-state index contributed by atoms with van der Waals surface area (Å²) in [5, 5.41) is 0. The largest absolute Gasteiger partial charge is 0.493 e.